The van der Waals surface area contributed by atoms with Gasteiger partial charge in [0, 0.05) is 0 Å². The van der Waals surface area contributed by atoms with Gasteiger partial charge in [0.2, 0.25) is 0 Å². The molecule has 1 saturated carbocycles. The van der Waals surface area contributed by atoms with Crippen LogP contribution in [0.25, 0.3) is 0 Å². The quantitative estimate of drug-likeness (QED) is 0.862. The second kappa shape index (κ2) is 4.40. The molecule has 1 aromatic rings. The molecule has 0 heterocycles. The Morgan fingerprint density at radius 1 is 1.17 bits per heavy atom. The van der Waals surface area contributed by atoms with E-state index < -0.39 is 11.0 Å². The van der Waals surface area contributed by atoms with Crippen LogP contribution in [-0.2, 0) is 5.60 Å². The fourth-order valence-corrected chi connectivity index (χ4v) is 3.22. The molecule has 1 aliphatic rings. The van der Waals surface area contributed by atoms with Gasteiger partial charge in [0.05, 0.1) is 11.5 Å². The molecule has 1 aromatic carbocycles. The molecule has 2 nitrogen and oxygen atoms in total. The third-order valence-electron chi connectivity index (χ3n) is 4.39. The molecule has 0 saturated heterocycles. The minimum atomic E-state index is -1.06. The Balaban J connectivity index is 2.50. The maximum atomic E-state index is 11.0. The van der Waals surface area contributed by atoms with Gasteiger partial charge in [-0.1, -0.05) is 42.2 Å². The summed E-state index contributed by atoms with van der Waals surface area (Å²) in [6.45, 7) is 5.86. The summed E-state index contributed by atoms with van der Waals surface area (Å²) < 4.78 is 0. The third-order valence-corrected chi connectivity index (χ3v) is 4.39. The number of benzene rings is 1. The van der Waals surface area contributed by atoms with Crippen LogP contribution in [0.15, 0.2) is 18.2 Å². The maximum absolute atomic E-state index is 11.0. The van der Waals surface area contributed by atoms with E-state index in [-0.39, 0.29) is 0 Å². The molecule has 18 heavy (non-hydrogen) atoms. The Bertz CT molecular complexity index is 470. The summed E-state index contributed by atoms with van der Waals surface area (Å²) in [6, 6.07) is 8.50. The van der Waals surface area contributed by atoms with Crippen molar-refractivity contribution >= 4 is 0 Å². The Labute approximate surface area is 109 Å². The topological polar surface area (TPSA) is 44.0 Å². The predicted molar refractivity (Wildman–Crippen MR) is 72.0 cm³/mol. The van der Waals surface area contributed by atoms with E-state index in [2.05, 4.69) is 12.1 Å². The highest BCUT2D eigenvalue weighted by Crippen LogP contribution is 2.50. The predicted octanol–water partition coefficient (Wildman–Crippen LogP) is 3.59. The third kappa shape index (κ3) is 1.93. The van der Waals surface area contributed by atoms with Crippen LogP contribution in [0.4, 0.5) is 0 Å². The molecule has 1 atom stereocenters. The van der Waals surface area contributed by atoms with Gasteiger partial charge in [-0.3, -0.25) is 0 Å². The van der Waals surface area contributed by atoms with Gasteiger partial charge < -0.3 is 5.11 Å². The molecular formula is C16H21NO. The van der Waals surface area contributed by atoms with Gasteiger partial charge in [-0.15, -0.1) is 0 Å². The largest absolute Gasteiger partial charge is 0.384 e. The van der Waals surface area contributed by atoms with Crippen LogP contribution in [0.5, 0.6) is 0 Å². The molecule has 1 unspecified atom stereocenters. The lowest BCUT2D eigenvalue weighted by Crippen LogP contribution is -2.40. The smallest absolute Gasteiger partial charge is 0.105 e. The van der Waals surface area contributed by atoms with Gasteiger partial charge >= 0.3 is 0 Å². The average molecular weight is 243 g/mol. The van der Waals surface area contributed by atoms with Crippen molar-refractivity contribution in [3.63, 3.8) is 0 Å². The number of aryl methyl sites for hydroxylation is 2. The minimum Gasteiger partial charge on any atom is -0.384 e. The van der Waals surface area contributed by atoms with Crippen molar-refractivity contribution < 1.29 is 5.11 Å². The van der Waals surface area contributed by atoms with Crippen molar-refractivity contribution in [1.29, 1.82) is 5.26 Å². The Hall–Kier alpha value is -1.33. The van der Waals surface area contributed by atoms with E-state index in [0.29, 0.717) is 0 Å². The molecule has 1 fully saturated rings. The van der Waals surface area contributed by atoms with E-state index in [1.165, 1.54) is 0 Å². The van der Waals surface area contributed by atoms with Crippen molar-refractivity contribution in [3.05, 3.63) is 34.9 Å². The minimum absolute atomic E-state index is 0.618. The van der Waals surface area contributed by atoms with Gasteiger partial charge in [-0.2, -0.15) is 5.26 Å². The first-order chi connectivity index (χ1) is 8.41. The molecular weight excluding hydrogens is 222 g/mol. The highest BCUT2D eigenvalue weighted by molar-refractivity contribution is 5.35. The van der Waals surface area contributed by atoms with E-state index in [1.54, 1.807) is 6.92 Å². The normalized spacial score (nSPS) is 21.3. The monoisotopic (exact) mass is 243 g/mol. The molecule has 2 heteroatoms. The van der Waals surface area contributed by atoms with Crippen LogP contribution in [0.1, 0.15) is 49.3 Å². The van der Waals surface area contributed by atoms with Gasteiger partial charge in [0.15, 0.2) is 0 Å². The number of hydrogen-bond donors (Lipinski definition) is 1. The molecule has 1 aliphatic carbocycles. The summed E-state index contributed by atoms with van der Waals surface area (Å²) >= 11 is 0. The number of nitriles is 1. The lowest BCUT2D eigenvalue weighted by atomic mass is 9.68. The average Bonchev–Trinajstić information content (AvgIpc) is 2.77. The molecule has 0 aromatic heterocycles. The Morgan fingerprint density at radius 2 is 1.67 bits per heavy atom. The first-order valence-corrected chi connectivity index (χ1v) is 6.64. The van der Waals surface area contributed by atoms with Gasteiger partial charge in [-0.05, 0) is 39.2 Å². The molecule has 0 aliphatic heterocycles. The molecule has 96 valence electrons. The highest BCUT2D eigenvalue weighted by atomic mass is 16.3. The van der Waals surface area contributed by atoms with E-state index in [1.807, 2.05) is 26.0 Å². The maximum Gasteiger partial charge on any atom is 0.105 e. The lowest BCUT2D eigenvalue weighted by molar-refractivity contribution is -0.0423. The fraction of sp³-hybridized carbons (Fsp3) is 0.562. The van der Waals surface area contributed by atoms with Crippen molar-refractivity contribution in [3.8, 4) is 6.07 Å². The summed E-state index contributed by atoms with van der Waals surface area (Å²) in [6.07, 6.45) is 3.66. The van der Waals surface area contributed by atoms with E-state index in [0.717, 1.165) is 42.4 Å². The van der Waals surface area contributed by atoms with E-state index >= 15 is 0 Å². The Kier molecular flexibility index (Phi) is 3.21. The van der Waals surface area contributed by atoms with Gasteiger partial charge in [0.25, 0.3) is 0 Å². The second-order valence-electron chi connectivity index (χ2n) is 5.85. The zero-order valence-electron chi connectivity index (χ0n) is 11.5. The number of nitrogens with zero attached hydrogens (tertiary/aromatic N) is 1. The zero-order valence-corrected chi connectivity index (χ0v) is 11.5. The molecule has 0 amide bonds. The molecule has 0 spiro atoms. The fourth-order valence-electron chi connectivity index (χ4n) is 3.22. The van der Waals surface area contributed by atoms with Crippen molar-refractivity contribution in [1.82, 2.24) is 0 Å². The standard InChI is InChI=1S/C16H21NO/c1-12-8-13(2)10-14(9-12)15(3,18)16(11-17)6-4-5-7-16/h8-10,18H,4-7H2,1-3H3. The van der Waals surface area contributed by atoms with Crippen LogP contribution >= 0.6 is 0 Å². The SMILES string of the molecule is Cc1cc(C)cc(C(C)(O)C2(C#N)CCCC2)c1. The van der Waals surface area contributed by atoms with Crippen molar-refractivity contribution in [2.24, 2.45) is 5.41 Å². The number of rotatable bonds is 2. The van der Waals surface area contributed by atoms with Crippen molar-refractivity contribution in [2.75, 3.05) is 0 Å². The highest BCUT2D eigenvalue weighted by Gasteiger charge is 2.50. The lowest BCUT2D eigenvalue weighted by Gasteiger charge is -2.38. The summed E-state index contributed by atoms with van der Waals surface area (Å²) in [5.41, 5.74) is 1.47. The molecule has 2 rings (SSSR count). The van der Waals surface area contributed by atoms with Gasteiger partial charge in [-0.25, -0.2) is 0 Å². The summed E-state index contributed by atoms with van der Waals surface area (Å²) in [5, 5.41) is 20.5. The number of aliphatic hydroxyl groups is 1. The van der Waals surface area contributed by atoms with E-state index in [9.17, 15) is 10.4 Å². The Morgan fingerprint density at radius 3 is 2.11 bits per heavy atom. The first-order valence-electron chi connectivity index (χ1n) is 6.64. The van der Waals surface area contributed by atoms with Crippen molar-refractivity contribution in [2.45, 2.75) is 52.1 Å². The summed E-state index contributed by atoms with van der Waals surface area (Å²) in [5.74, 6) is 0. The van der Waals surface area contributed by atoms with Crippen LogP contribution in [0.2, 0.25) is 0 Å². The van der Waals surface area contributed by atoms with Crippen LogP contribution < -0.4 is 0 Å². The van der Waals surface area contributed by atoms with Crippen LogP contribution in [0.3, 0.4) is 0 Å². The first kappa shape index (κ1) is 13.1. The number of hydrogen-bond acceptors (Lipinski definition) is 2. The van der Waals surface area contributed by atoms with Crippen LogP contribution in [0, 0.1) is 30.6 Å². The zero-order chi connectivity index (χ0) is 13.4. The second-order valence-corrected chi connectivity index (χ2v) is 5.85. The summed E-state index contributed by atoms with van der Waals surface area (Å²) in [7, 11) is 0. The van der Waals surface area contributed by atoms with E-state index in [4.69, 9.17) is 0 Å². The molecule has 0 radical (unpaired) electrons. The summed E-state index contributed by atoms with van der Waals surface area (Å²) in [4.78, 5) is 0. The van der Waals surface area contributed by atoms with Crippen LogP contribution in [-0.4, -0.2) is 5.11 Å². The molecule has 0 bridgehead atoms. The van der Waals surface area contributed by atoms with Gasteiger partial charge in [0.1, 0.15) is 5.60 Å². The molecule has 1 N–H and O–H groups in total.